The summed E-state index contributed by atoms with van der Waals surface area (Å²) in [6.45, 7) is 11.2. The first-order valence-electron chi connectivity index (χ1n) is 22.7. The fourth-order valence-corrected chi connectivity index (χ4v) is 8.45. The summed E-state index contributed by atoms with van der Waals surface area (Å²) >= 11 is 0. The fraction of sp³-hybridized carbons (Fsp3) is 0.833. The highest BCUT2D eigenvalue weighted by Crippen LogP contribution is 2.29. The van der Waals surface area contributed by atoms with Gasteiger partial charge in [0.05, 0.1) is 5.36 Å². The summed E-state index contributed by atoms with van der Waals surface area (Å²) < 4.78 is 0. The van der Waals surface area contributed by atoms with E-state index in [1.165, 1.54) is 227 Å². The smallest absolute Gasteiger partial charge is 0.267 e. The summed E-state index contributed by atoms with van der Waals surface area (Å²) in [6.07, 6.45) is 47.2. The van der Waals surface area contributed by atoms with Gasteiger partial charge in [0.25, 0.3) is 5.91 Å². The number of amides is 1. The highest BCUT2D eigenvalue weighted by molar-refractivity contribution is 6.16. The van der Waals surface area contributed by atoms with Gasteiger partial charge in [-0.3, -0.25) is 4.79 Å². The van der Waals surface area contributed by atoms with Crippen molar-refractivity contribution in [2.75, 3.05) is 0 Å². The molecule has 50 heavy (non-hydrogen) atoms. The Morgan fingerprint density at radius 1 is 0.440 bits per heavy atom. The minimum absolute atomic E-state index is 0.0612. The monoisotopic (exact) mass is 692 g/mol. The van der Waals surface area contributed by atoms with Crippen LogP contribution in [0.1, 0.15) is 249 Å². The minimum atomic E-state index is 0.0612. The van der Waals surface area contributed by atoms with Crippen molar-refractivity contribution >= 4 is 11.5 Å². The maximum atomic E-state index is 13.4. The summed E-state index contributed by atoms with van der Waals surface area (Å²) in [5, 5.41) is 2.13. The molecule has 288 valence electrons. The molecule has 2 nitrogen and oxygen atoms in total. The highest BCUT2D eigenvalue weighted by atomic mass is 16.1. The van der Waals surface area contributed by atoms with Crippen molar-refractivity contribution in [1.82, 2.24) is 0 Å². The minimum Gasteiger partial charge on any atom is -0.267 e. The van der Waals surface area contributed by atoms with Crippen molar-refractivity contribution in [2.24, 2.45) is 10.9 Å². The SMILES string of the molecule is CCCCCCCCCCCCCCCCCCC(CCCCCCCCCCCCCCCCCC)C1=c2c(C)c(C)c(C)cc2=NC1=O. The number of hydrogen-bond donors (Lipinski definition) is 0. The molecule has 2 heteroatoms. The molecule has 0 unspecified atom stereocenters. The Bertz CT molecular complexity index is 1080. The second kappa shape index (κ2) is 30.1. The van der Waals surface area contributed by atoms with Crippen LogP contribution in [0, 0.1) is 26.7 Å². The fourth-order valence-electron chi connectivity index (χ4n) is 8.45. The molecule has 0 bridgehead atoms. The number of nitrogens with zero attached hydrogens (tertiary/aromatic N) is 1. The van der Waals surface area contributed by atoms with Crippen molar-refractivity contribution in [1.29, 1.82) is 0 Å². The van der Waals surface area contributed by atoms with E-state index in [2.05, 4.69) is 45.7 Å². The molecule has 1 amide bonds. The number of hydrogen-bond acceptors (Lipinski definition) is 1. The molecule has 0 atom stereocenters. The highest BCUT2D eigenvalue weighted by Gasteiger charge is 2.26. The number of aryl methyl sites for hydroxylation is 1. The lowest BCUT2D eigenvalue weighted by Gasteiger charge is -2.18. The first kappa shape index (κ1) is 44.7. The van der Waals surface area contributed by atoms with E-state index in [-0.39, 0.29) is 5.91 Å². The summed E-state index contributed by atoms with van der Waals surface area (Å²) in [4.78, 5) is 18.0. The first-order chi connectivity index (χ1) is 24.5. The summed E-state index contributed by atoms with van der Waals surface area (Å²) in [7, 11) is 0. The van der Waals surface area contributed by atoms with Gasteiger partial charge in [0.1, 0.15) is 0 Å². The van der Waals surface area contributed by atoms with Gasteiger partial charge in [0.15, 0.2) is 0 Å². The Balaban J connectivity index is 1.66. The van der Waals surface area contributed by atoms with E-state index < -0.39 is 0 Å². The third-order valence-electron chi connectivity index (χ3n) is 12.1. The zero-order valence-electron chi connectivity index (χ0n) is 34.6. The molecule has 0 aliphatic carbocycles. The average Bonchev–Trinajstić information content (AvgIpc) is 3.44. The Morgan fingerprint density at radius 2 is 0.740 bits per heavy atom. The zero-order valence-corrected chi connectivity index (χ0v) is 34.6. The van der Waals surface area contributed by atoms with E-state index in [4.69, 9.17) is 0 Å². The van der Waals surface area contributed by atoms with Crippen molar-refractivity contribution in [3.8, 4) is 0 Å². The maximum Gasteiger partial charge on any atom is 0.274 e. The van der Waals surface area contributed by atoms with Crippen LogP contribution in [0.15, 0.2) is 11.1 Å². The first-order valence-corrected chi connectivity index (χ1v) is 22.7. The van der Waals surface area contributed by atoms with Crippen LogP contribution in [-0.2, 0) is 4.79 Å². The predicted octanol–water partition coefficient (Wildman–Crippen LogP) is 14.8. The zero-order chi connectivity index (χ0) is 36.1. The van der Waals surface area contributed by atoms with Gasteiger partial charge < -0.3 is 0 Å². The molecule has 0 saturated heterocycles. The lowest BCUT2D eigenvalue weighted by molar-refractivity contribution is -0.113. The quantitative estimate of drug-likeness (QED) is 0.0652. The molecule has 0 saturated carbocycles. The van der Waals surface area contributed by atoms with Crippen molar-refractivity contribution in [2.45, 2.75) is 253 Å². The van der Waals surface area contributed by atoms with Crippen LogP contribution in [0.2, 0.25) is 0 Å². The molecule has 0 aromatic heterocycles. The normalized spacial score (nSPS) is 12.8. The molecule has 1 aliphatic rings. The molecule has 1 heterocycles. The van der Waals surface area contributed by atoms with E-state index in [1.54, 1.807) is 0 Å². The van der Waals surface area contributed by atoms with E-state index in [1.807, 2.05) is 0 Å². The lowest BCUT2D eigenvalue weighted by Crippen LogP contribution is -2.30. The van der Waals surface area contributed by atoms with E-state index in [9.17, 15) is 4.79 Å². The van der Waals surface area contributed by atoms with Gasteiger partial charge >= 0.3 is 0 Å². The van der Waals surface area contributed by atoms with E-state index >= 15 is 0 Å². The van der Waals surface area contributed by atoms with Gasteiger partial charge in [-0.05, 0) is 62.3 Å². The number of benzene rings is 1. The molecule has 0 radical (unpaired) electrons. The predicted molar refractivity (Wildman–Crippen MR) is 222 cm³/mol. The van der Waals surface area contributed by atoms with E-state index in [0.29, 0.717) is 5.92 Å². The lowest BCUT2D eigenvalue weighted by atomic mass is 9.85. The summed E-state index contributed by atoms with van der Waals surface area (Å²) in [5.41, 5.74) is 4.93. The molecule has 0 spiro atoms. The van der Waals surface area contributed by atoms with Gasteiger partial charge in [0, 0.05) is 10.8 Å². The number of unbranched alkanes of at least 4 members (excludes halogenated alkanes) is 30. The van der Waals surface area contributed by atoms with Crippen LogP contribution >= 0.6 is 0 Å². The number of carbonyl (C=O) groups excluding carboxylic acids is 1. The van der Waals surface area contributed by atoms with E-state index in [0.717, 1.165) is 23.8 Å². The van der Waals surface area contributed by atoms with Crippen molar-refractivity contribution in [3.05, 3.63) is 33.3 Å². The third-order valence-corrected chi connectivity index (χ3v) is 12.1. The molecule has 1 aromatic rings. The van der Waals surface area contributed by atoms with Crippen LogP contribution in [0.5, 0.6) is 0 Å². The Labute approximate surface area is 312 Å². The van der Waals surface area contributed by atoms with Gasteiger partial charge in [-0.15, -0.1) is 0 Å². The van der Waals surface area contributed by atoms with Crippen LogP contribution in [-0.4, -0.2) is 5.91 Å². The molecule has 1 aliphatic heterocycles. The van der Waals surface area contributed by atoms with Crippen LogP contribution in [0.25, 0.3) is 5.57 Å². The van der Waals surface area contributed by atoms with Crippen LogP contribution in [0.3, 0.4) is 0 Å². The number of rotatable bonds is 35. The van der Waals surface area contributed by atoms with Gasteiger partial charge in [-0.2, -0.15) is 0 Å². The van der Waals surface area contributed by atoms with Gasteiger partial charge in [-0.1, -0.05) is 219 Å². The summed E-state index contributed by atoms with van der Waals surface area (Å²) in [6, 6.07) is 2.16. The van der Waals surface area contributed by atoms with Crippen LogP contribution in [0.4, 0.5) is 0 Å². The van der Waals surface area contributed by atoms with Crippen molar-refractivity contribution in [3.63, 3.8) is 0 Å². The van der Waals surface area contributed by atoms with Gasteiger partial charge in [0.2, 0.25) is 0 Å². The summed E-state index contributed by atoms with van der Waals surface area (Å²) in [5.74, 6) is 0.428. The Morgan fingerprint density at radius 3 is 1.06 bits per heavy atom. The molecular weight excluding hydrogens is 607 g/mol. The largest absolute Gasteiger partial charge is 0.274 e. The number of carbonyl (C=O) groups is 1. The molecule has 2 rings (SSSR count). The standard InChI is InChI=1S/C48H85NO/c1-6-8-10-12-14-16-18-20-22-24-26-28-30-32-34-36-38-44(47-46-43(5)42(4)41(3)40-45(46)49-48(47)50)39-37-35-33-31-29-27-25-23-21-19-17-15-13-11-9-7-2/h40,44H,6-39H2,1-5H3. The molecule has 1 aromatic carbocycles. The van der Waals surface area contributed by atoms with Crippen LogP contribution < -0.4 is 10.6 Å². The van der Waals surface area contributed by atoms with Crippen molar-refractivity contribution < 1.29 is 4.79 Å². The maximum absolute atomic E-state index is 13.4. The van der Waals surface area contributed by atoms with Gasteiger partial charge in [-0.25, -0.2) is 4.99 Å². The topological polar surface area (TPSA) is 29.4 Å². The third kappa shape index (κ3) is 19.4. The Hall–Kier alpha value is -1.44. The molecule has 0 N–H and O–H groups in total. The number of fused-ring (bicyclic) bond motifs is 1. The average molecular weight is 692 g/mol. The second-order valence-electron chi connectivity index (χ2n) is 16.5. The molecule has 0 fully saturated rings. The molecular formula is C48H85NO. The Kier molecular flexibility index (Phi) is 26.9. The second-order valence-corrected chi connectivity index (χ2v) is 16.5.